The second-order valence-electron chi connectivity index (χ2n) is 7.01. The second-order valence-corrected chi connectivity index (χ2v) is 7.37. The number of Topliss-reactive ketones (excluding diaryl/α,β-unsaturated/α-hetero) is 1. The zero-order valence-electron chi connectivity index (χ0n) is 18.9. The van der Waals surface area contributed by atoms with Crippen LogP contribution in [0.3, 0.4) is 0 Å². The van der Waals surface area contributed by atoms with Gasteiger partial charge in [0.2, 0.25) is 0 Å². The normalized spacial score (nSPS) is 17.4. The summed E-state index contributed by atoms with van der Waals surface area (Å²) in [6, 6.07) is 3.32. The van der Waals surface area contributed by atoms with Crippen LogP contribution in [0.25, 0.3) is 0 Å². The van der Waals surface area contributed by atoms with Crippen LogP contribution in [0.4, 0.5) is 10.2 Å². The summed E-state index contributed by atoms with van der Waals surface area (Å²) < 4.78 is 17.3. The van der Waals surface area contributed by atoms with Gasteiger partial charge in [-0.2, -0.15) is 0 Å². The maximum atomic E-state index is 11.9. The van der Waals surface area contributed by atoms with E-state index in [0.717, 1.165) is 37.3 Å². The van der Waals surface area contributed by atoms with E-state index in [2.05, 4.69) is 44.9 Å². The molecule has 1 aliphatic heterocycles. The number of pyridine rings is 1. The summed E-state index contributed by atoms with van der Waals surface area (Å²) in [4.78, 5) is 37.7. The number of ketones is 1. The van der Waals surface area contributed by atoms with Gasteiger partial charge in [-0.3, -0.25) is 4.79 Å². The molecule has 176 valence electrons. The minimum atomic E-state index is -1.07. The number of aromatic amines is 1. The van der Waals surface area contributed by atoms with Crippen LogP contribution in [0.1, 0.15) is 54.0 Å². The maximum Gasteiger partial charge on any atom is 0.397 e. The van der Waals surface area contributed by atoms with E-state index < -0.39 is 5.97 Å². The summed E-state index contributed by atoms with van der Waals surface area (Å²) in [5.41, 5.74) is 1.61. The van der Waals surface area contributed by atoms with Crippen LogP contribution in [0, 0.1) is 5.92 Å². The van der Waals surface area contributed by atoms with Gasteiger partial charge in [-0.1, -0.05) is 25.4 Å². The molecule has 3 heterocycles. The van der Waals surface area contributed by atoms with Crippen molar-refractivity contribution in [1.29, 1.82) is 0 Å². The van der Waals surface area contributed by atoms with E-state index in [-0.39, 0.29) is 17.6 Å². The van der Waals surface area contributed by atoms with Crippen LogP contribution in [0.2, 0.25) is 5.15 Å². The average Bonchev–Trinajstić information content (AvgIpc) is 3.21. The van der Waals surface area contributed by atoms with E-state index in [1.807, 2.05) is 6.92 Å². The molecule has 1 saturated heterocycles. The highest BCUT2D eigenvalue weighted by Gasteiger charge is 2.26. The summed E-state index contributed by atoms with van der Waals surface area (Å²) in [5, 5.41) is 0.401. The van der Waals surface area contributed by atoms with Crippen LogP contribution in [0.5, 0.6) is 0 Å². The first-order valence-corrected chi connectivity index (χ1v) is 10.5. The molecule has 10 heteroatoms. The molecule has 0 bridgehead atoms. The molecular formula is C22H30ClFN4O4. The first-order chi connectivity index (χ1) is 15.3. The van der Waals surface area contributed by atoms with E-state index in [9.17, 15) is 14.1 Å². The van der Waals surface area contributed by atoms with Crippen LogP contribution in [0.15, 0.2) is 31.5 Å². The molecule has 0 aromatic carbocycles. The van der Waals surface area contributed by atoms with E-state index in [1.165, 1.54) is 19.2 Å². The Labute approximate surface area is 192 Å². The molecule has 1 fully saturated rings. The molecular weight excluding hydrogens is 439 g/mol. The Morgan fingerprint density at radius 1 is 1.41 bits per heavy atom. The van der Waals surface area contributed by atoms with Crippen molar-refractivity contribution < 1.29 is 23.8 Å². The number of nitrogens with zero attached hydrogens (tertiary/aromatic N) is 3. The number of aromatic nitrogens is 3. The van der Waals surface area contributed by atoms with Crippen molar-refractivity contribution in [2.45, 2.75) is 39.7 Å². The molecule has 1 aliphatic rings. The predicted molar refractivity (Wildman–Crippen MR) is 122 cm³/mol. The summed E-state index contributed by atoms with van der Waals surface area (Å²) in [7, 11) is 1.70. The number of aryl methyl sites for hydroxylation is 1. The molecule has 2 aromatic rings. The van der Waals surface area contributed by atoms with Gasteiger partial charge in [0, 0.05) is 43.5 Å². The number of anilines is 1. The smallest absolute Gasteiger partial charge is 0.379 e. The number of hydrogen-bond acceptors (Lipinski definition) is 7. The van der Waals surface area contributed by atoms with E-state index >= 15 is 0 Å². The lowest BCUT2D eigenvalue weighted by molar-refractivity contribution is -0.0793. The number of methoxy groups -OCH3 is 1. The molecule has 32 heavy (non-hydrogen) atoms. The molecule has 0 aliphatic carbocycles. The monoisotopic (exact) mass is 468 g/mol. The molecule has 0 spiro atoms. The molecule has 2 aromatic heterocycles. The molecule has 0 radical (unpaired) electrons. The van der Waals surface area contributed by atoms with Gasteiger partial charge in [-0.25, -0.2) is 19.7 Å². The lowest BCUT2D eigenvalue weighted by Gasteiger charge is -2.37. The number of rotatable bonds is 5. The number of H-pyrrole nitrogens is 1. The van der Waals surface area contributed by atoms with Gasteiger partial charge in [0.05, 0.1) is 11.8 Å². The quantitative estimate of drug-likeness (QED) is 0.505. The summed E-state index contributed by atoms with van der Waals surface area (Å²) in [6.07, 6.45) is 3.39. The van der Waals surface area contributed by atoms with Gasteiger partial charge in [-0.05, 0) is 30.9 Å². The Morgan fingerprint density at radius 3 is 2.59 bits per heavy atom. The molecule has 0 saturated carbocycles. The number of carbonyl (C=O) groups is 2. The van der Waals surface area contributed by atoms with Gasteiger partial charge in [0.1, 0.15) is 0 Å². The number of hydrogen-bond donors (Lipinski definition) is 1. The number of ether oxygens (including phenoxy) is 1. The number of imidazole rings is 1. The zero-order chi connectivity index (χ0) is 24.3. The van der Waals surface area contributed by atoms with Gasteiger partial charge in [-0.15, -0.1) is 13.2 Å². The number of carbonyl (C=O) groups excluding carboxylic acids is 2. The first kappa shape index (κ1) is 27.3. The van der Waals surface area contributed by atoms with E-state index in [0.29, 0.717) is 16.9 Å². The van der Waals surface area contributed by atoms with Crippen molar-refractivity contribution in [3.63, 3.8) is 0 Å². The highest BCUT2D eigenvalue weighted by molar-refractivity contribution is 6.30. The van der Waals surface area contributed by atoms with Crippen LogP contribution < -0.4 is 4.90 Å². The van der Waals surface area contributed by atoms with E-state index in [1.54, 1.807) is 13.2 Å². The largest absolute Gasteiger partial charge is 0.397 e. The van der Waals surface area contributed by atoms with Crippen molar-refractivity contribution in [2.24, 2.45) is 5.92 Å². The lowest BCUT2D eigenvalue weighted by Crippen LogP contribution is -2.44. The van der Waals surface area contributed by atoms with Gasteiger partial charge < -0.3 is 14.6 Å². The Kier molecular flexibility index (Phi) is 11.6. The number of halogens is 2. The SMILES string of the molecule is C=C.CCc1[nH]c(C(C)=O)nc1Cl.CO[C@H]1CN(c2ccnc(C(=O)OF)c2)CC[C@H]1C. The van der Waals surface area contributed by atoms with Crippen molar-refractivity contribution in [2.75, 3.05) is 25.1 Å². The molecule has 8 nitrogen and oxygen atoms in total. The fourth-order valence-corrected chi connectivity index (χ4v) is 3.40. The third kappa shape index (κ3) is 7.42. The molecule has 0 amide bonds. The minimum Gasteiger partial charge on any atom is -0.379 e. The van der Waals surface area contributed by atoms with Crippen LogP contribution in [-0.4, -0.2) is 53.0 Å². The predicted octanol–water partition coefficient (Wildman–Crippen LogP) is 4.61. The van der Waals surface area contributed by atoms with Crippen molar-refractivity contribution >= 4 is 29.0 Å². The Balaban J connectivity index is 0.000000335. The Bertz CT molecular complexity index is 893. The van der Waals surface area contributed by atoms with Gasteiger partial charge in [0.25, 0.3) is 0 Å². The van der Waals surface area contributed by atoms with Gasteiger partial charge >= 0.3 is 5.97 Å². The standard InChI is InChI=1S/C13H17FN2O3.C7H9ClN2O.C2H4/c1-9-4-6-16(8-12(9)18-2)10-3-5-15-11(7-10)13(17)19-14;1-3-5-6(8)10-7(9-5)4(2)11;1-2/h3,5,7,9,12H,4,6,8H2,1-2H3;3H2,1-2H3,(H,9,10);1-2H2/t9-,12+;;/m1../s1. The Hall–Kier alpha value is -2.78. The molecule has 3 rings (SSSR count). The van der Waals surface area contributed by atoms with Crippen LogP contribution >= 0.6 is 11.6 Å². The summed E-state index contributed by atoms with van der Waals surface area (Å²) >= 11 is 5.69. The molecule has 2 atom stereocenters. The van der Waals surface area contributed by atoms with Crippen molar-refractivity contribution in [3.8, 4) is 0 Å². The van der Waals surface area contributed by atoms with Crippen molar-refractivity contribution in [3.05, 3.63) is 53.9 Å². The molecule has 1 N–H and O–H groups in total. The third-order valence-electron chi connectivity index (χ3n) is 5.00. The minimum absolute atomic E-state index is 0.0346. The number of nitrogens with one attached hydrogen (secondary N) is 1. The van der Waals surface area contributed by atoms with E-state index in [4.69, 9.17) is 16.3 Å². The summed E-state index contributed by atoms with van der Waals surface area (Å²) in [6.45, 7) is 13.2. The highest BCUT2D eigenvalue weighted by atomic mass is 35.5. The van der Waals surface area contributed by atoms with Crippen molar-refractivity contribution in [1.82, 2.24) is 15.0 Å². The Morgan fingerprint density at radius 2 is 2.09 bits per heavy atom. The average molecular weight is 469 g/mol. The van der Waals surface area contributed by atoms with Gasteiger partial charge in [0.15, 0.2) is 22.5 Å². The third-order valence-corrected chi connectivity index (χ3v) is 5.31. The van der Waals surface area contributed by atoms with Crippen LogP contribution in [-0.2, 0) is 16.1 Å². The zero-order valence-corrected chi connectivity index (χ0v) is 19.6. The number of piperidine rings is 1. The summed E-state index contributed by atoms with van der Waals surface area (Å²) in [5.74, 6) is -0.327. The maximum absolute atomic E-state index is 11.9. The second kappa shape index (κ2) is 13.6. The molecule has 0 unspecified atom stereocenters. The lowest BCUT2D eigenvalue weighted by atomic mass is 9.95. The fraction of sp³-hybridized carbons (Fsp3) is 0.455. The fourth-order valence-electron chi connectivity index (χ4n) is 3.13. The first-order valence-electron chi connectivity index (χ1n) is 10.1. The topological polar surface area (TPSA) is 97.4 Å². The highest BCUT2D eigenvalue weighted by Crippen LogP contribution is 2.25.